The third-order valence-electron chi connectivity index (χ3n) is 13.5. The number of ketones is 1. The van der Waals surface area contributed by atoms with Crippen molar-refractivity contribution in [1.82, 2.24) is 4.90 Å². The second-order valence-electron chi connectivity index (χ2n) is 16.9. The molecular formula is C41H65NO9. The van der Waals surface area contributed by atoms with E-state index in [1.807, 2.05) is 13.8 Å². The van der Waals surface area contributed by atoms with Crippen LogP contribution >= 0.6 is 0 Å². The Balaban J connectivity index is 1.22. The summed E-state index contributed by atoms with van der Waals surface area (Å²) < 4.78 is 43.9. The van der Waals surface area contributed by atoms with E-state index in [-0.39, 0.29) is 96.8 Å². The lowest BCUT2D eigenvalue weighted by Crippen LogP contribution is -2.55. The van der Waals surface area contributed by atoms with Gasteiger partial charge in [0.25, 0.3) is 0 Å². The summed E-state index contributed by atoms with van der Waals surface area (Å²) in [5.74, 6) is 0.297. The summed E-state index contributed by atoms with van der Waals surface area (Å²) in [7, 11) is 7.60. The van der Waals surface area contributed by atoms with Gasteiger partial charge >= 0.3 is 5.97 Å². The first kappa shape index (κ1) is 39.0. The van der Waals surface area contributed by atoms with Crippen molar-refractivity contribution in [2.24, 2.45) is 41.4 Å². The first-order valence-corrected chi connectivity index (χ1v) is 19.8. The summed E-state index contributed by atoms with van der Waals surface area (Å²) >= 11 is 0. The molecule has 0 aromatic heterocycles. The Morgan fingerprint density at radius 1 is 0.804 bits per heavy atom. The molecule has 0 aromatic carbocycles. The molecule has 0 bridgehead atoms. The molecule has 1 saturated carbocycles. The van der Waals surface area contributed by atoms with Crippen LogP contribution in [0, 0.1) is 41.4 Å². The minimum atomic E-state index is -0.519. The Hall–Kier alpha value is -1.66. The van der Waals surface area contributed by atoms with Gasteiger partial charge in [-0.05, 0) is 116 Å². The highest BCUT2D eigenvalue weighted by Crippen LogP contribution is 2.56. The molecule has 17 atom stereocenters. The van der Waals surface area contributed by atoms with Crippen molar-refractivity contribution in [3.63, 3.8) is 0 Å². The molecule has 3 aliphatic heterocycles. The van der Waals surface area contributed by atoms with Crippen LogP contribution in [0.1, 0.15) is 92.9 Å². The highest BCUT2D eigenvalue weighted by molar-refractivity contribution is 5.99. The number of cyclic esters (lactones) is 1. The molecule has 10 nitrogen and oxygen atoms in total. The van der Waals surface area contributed by atoms with Gasteiger partial charge in [-0.2, -0.15) is 0 Å². The zero-order valence-corrected chi connectivity index (χ0v) is 32.7. The Kier molecular flexibility index (Phi) is 12.5. The number of esters is 1. The van der Waals surface area contributed by atoms with Gasteiger partial charge in [0.15, 0.2) is 18.4 Å². The largest absolute Gasteiger partial charge is 0.463 e. The maximum Gasteiger partial charge on any atom is 0.306 e. The number of hydrogen-bond acceptors (Lipinski definition) is 10. The molecule has 0 amide bonds. The molecule has 3 heterocycles. The van der Waals surface area contributed by atoms with Crippen molar-refractivity contribution in [2.45, 2.75) is 154 Å². The van der Waals surface area contributed by atoms with E-state index in [4.69, 9.17) is 33.2 Å². The zero-order chi connectivity index (χ0) is 36.7. The van der Waals surface area contributed by atoms with Crippen LogP contribution in [0.5, 0.6) is 0 Å². The minimum Gasteiger partial charge on any atom is -0.463 e. The molecule has 51 heavy (non-hydrogen) atoms. The van der Waals surface area contributed by atoms with Gasteiger partial charge in [0, 0.05) is 38.0 Å². The van der Waals surface area contributed by atoms with Gasteiger partial charge < -0.3 is 38.1 Å². The summed E-state index contributed by atoms with van der Waals surface area (Å²) in [4.78, 5) is 30.3. The highest BCUT2D eigenvalue weighted by Gasteiger charge is 2.53. The monoisotopic (exact) mass is 715 g/mol. The Morgan fingerprint density at radius 3 is 2.24 bits per heavy atom. The van der Waals surface area contributed by atoms with Gasteiger partial charge in [-0.15, -0.1) is 0 Å². The number of hydrogen-bond donors (Lipinski definition) is 0. The molecule has 6 aliphatic rings. The topological polar surface area (TPSA) is 102 Å². The van der Waals surface area contributed by atoms with Gasteiger partial charge in [-0.3, -0.25) is 9.59 Å². The fraction of sp³-hybridized carbons (Fsp3) is 0.854. The average Bonchev–Trinajstić information content (AvgIpc) is 3.66. The van der Waals surface area contributed by atoms with Crippen LogP contribution < -0.4 is 0 Å². The molecular weight excluding hydrogens is 650 g/mol. The molecule has 3 aliphatic carbocycles. The molecule has 6 rings (SSSR count). The van der Waals surface area contributed by atoms with Crippen LogP contribution in [0.25, 0.3) is 0 Å². The van der Waals surface area contributed by atoms with Crippen molar-refractivity contribution < 1.29 is 42.7 Å². The minimum absolute atomic E-state index is 0.0175. The van der Waals surface area contributed by atoms with E-state index in [0.717, 1.165) is 44.1 Å². The number of allylic oxidation sites excluding steroid dienone is 4. The lowest BCUT2D eigenvalue weighted by atomic mass is 9.67. The number of carbonyl (C=O) groups excluding carboxylic acids is 2. The molecule has 4 fully saturated rings. The predicted molar refractivity (Wildman–Crippen MR) is 193 cm³/mol. The predicted octanol–water partition coefficient (Wildman–Crippen LogP) is 6.11. The molecule has 288 valence electrons. The normalized spacial score (nSPS) is 46.6. The lowest BCUT2D eigenvalue weighted by molar-refractivity contribution is -0.300. The number of fused-ring (bicyclic) bond motifs is 5. The summed E-state index contributed by atoms with van der Waals surface area (Å²) in [5, 5.41) is 0. The van der Waals surface area contributed by atoms with Crippen LogP contribution in [0.15, 0.2) is 23.3 Å². The van der Waals surface area contributed by atoms with E-state index in [0.29, 0.717) is 24.3 Å². The third-order valence-corrected chi connectivity index (χ3v) is 13.5. The summed E-state index contributed by atoms with van der Waals surface area (Å²) in [6, 6.07) is 0.343. The number of nitrogens with zero attached hydrogens (tertiary/aromatic N) is 1. The van der Waals surface area contributed by atoms with Gasteiger partial charge in [-0.1, -0.05) is 31.6 Å². The quantitative estimate of drug-likeness (QED) is 0.227. The Morgan fingerprint density at radius 2 is 1.55 bits per heavy atom. The molecule has 3 saturated heterocycles. The van der Waals surface area contributed by atoms with Crippen molar-refractivity contribution in [1.29, 1.82) is 0 Å². The maximum atomic E-state index is 14.7. The van der Waals surface area contributed by atoms with Crippen LogP contribution in [-0.4, -0.2) is 106 Å². The molecule has 0 spiro atoms. The van der Waals surface area contributed by atoms with Crippen LogP contribution in [-0.2, 0) is 42.7 Å². The first-order valence-electron chi connectivity index (χ1n) is 19.8. The number of carbonyl (C=O) groups is 2. The van der Waals surface area contributed by atoms with Gasteiger partial charge in [0.05, 0.1) is 43.0 Å². The number of Topliss-reactive ketones (excluding diaryl/α,β-unsaturated/α-hetero) is 1. The second-order valence-corrected chi connectivity index (χ2v) is 16.9. The SMILES string of the molecule is COC1C(O[C@H]2C[C@H]3[C@@H]4C=C5C(=O)[C@H](C)[C@@H](OC6CCC(N(C)C)C(C)O6)CCC[C@H](C)OC(=O)C[C@H]5[C@@H]4C=C(C)[C@@H]3C2)OC(C)C(C)C1OC. The summed E-state index contributed by atoms with van der Waals surface area (Å²) in [5.41, 5.74) is 2.09. The van der Waals surface area contributed by atoms with E-state index in [1.165, 1.54) is 5.57 Å². The second kappa shape index (κ2) is 16.4. The van der Waals surface area contributed by atoms with Crippen molar-refractivity contribution in [3.8, 4) is 0 Å². The molecule has 0 N–H and O–H groups in total. The fourth-order valence-corrected chi connectivity index (χ4v) is 10.5. The molecule has 0 aromatic rings. The maximum absolute atomic E-state index is 14.7. The van der Waals surface area contributed by atoms with Crippen LogP contribution in [0.2, 0.25) is 0 Å². The van der Waals surface area contributed by atoms with Crippen molar-refractivity contribution >= 4 is 11.8 Å². The smallest absolute Gasteiger partial charge is 0.306 e. The number of rotatable bonds is 7. The van der Waals surface area contributed by atoms with E-state index in [1.54, 1.807) is 14.2 Å². The van der Waals surface area contributed by atoms with Gasteiger partial charge in [0.2, 0.25) is 0 Å². The summed E-state index contributed by atoms with van der Waals surface area (Å²) in [6.45, 7) is 12.5. The molecule has 10 heteroatoms. The van der Waals surface area contributed by atoms with E-state index < -0.39 is 6.29 Å². The van der Waals surface area contributed by atoms with E-state index >= 15 is 0 Å². The van der Waals surface area contributed by atoms with E-state index in [2.05, 4.69) is 58.8 Å². The van der Waals surface area contributed by atoms with Gasteiger partial charge in [0.1, 0.15) is 6.10 Å². The Labute approximate surface area is 306 Å². The number of ether oxygens (including phenoxy) is 7. The molecule has 0 radical (unpaired) electrons. The van der Waals surface area contributed by atoms with Gasteiger partial charge in [-0.25, -0.2) is 0 Å². The number of methoxy groups -OCH3 is 2. The average molecular weight is 716 g/mol. The fourth-order valence-electron chi connectivity index (χ4n) is 10.5. The van der Waals surface area contributed by atoms with Crippen molar-refractivity contribution in [3.05, 3.63) is 23.3 Å². The zero-order valence-electron chi connectivity index (χ0n) is 32.7. The third kappa shape index (κ3) is 8.08. The number of likely N-dealkylation sites (N-methyl/N-ethyl adjacent to an activating group) is 1. The Bertz CT molecular complexity index is 1300. The van der Waals surface area contributed by atoms with Crippen LogP contribution in [0.3, 0.4) is 0 Å². The highest BCUT2D eigenvalue weighted by atomic mass is 16.7. The standard InChI is InChI=1S/C41H65NO9/c1-21-16-29-31(30-18-27(17-28(21)30)50-41-40(46-10)39(45-9)23(3)25(5)49-41)19-33-32(29)20-36(43)47-22(2)12-11-13-35(24(4)38(33)44)51-37-15-14-34(42(7)8)26(6)48-37/h16,19,22-32,34-35,37,39-41H,11-15,17-18,20H2,1-10H3/t22-,23?,24+,25?,26?,27+,28-,29+,30+,31+,32-,34?,35-,37?,39?,40?,41?/m0/s1. The molecule has 8 unspecified atom stereocenters. The summed E-state index contributed by atoms with van der Waals surface area (Å²) in [6.07, 6.45) is 8.79. The van der Waals surface area contributed by atoms with E-state index in [9.17, 15) is 9.59 Å². The first-order chi connectivity index (χ1) is 24.3. The van der Waals surface area contributed by atoms with Crippen LogP contribution in [0.4, 0.5) is 0 Å². The lowest BCUT2D eigenvalue weighted by Gasteiger charge is -2.44. The van der Waals surface area contributed by atoms with Crippen molar-refractivity contribution in [2.75, 3.05) is 28.3 Å².